The monoisotopic (exact) mass is 297 g/mol. The van der Waals surface area contributed by atoms with Crippen molar-refractivity contribution in [2.45, 2.75) is 13.8 Å². The van der Waals surface area contributed by atoms with Gasteiger partial charge < -0.3 is 14.4 Å². The van der Waals surface area contributed by atoms with Crippen molar-refractivity contribution in [3.05, 3.63) is 23.2 Å². The van der Waals surface area contributed by atoms with E-state index in [1.807, 2.05) is 0 Å². The van der Waals surface area contributed by atoms with Crippen molar-refractivity contribution in [2.75, 3.05) is 25.2 Å². The fourth-order valence-corrected chi connectivity index (χ4v) is 2.25. The molecule has 1 heterocycles. The lowest BCUT2D eigenvalue weighted by atomic mass is 9.92. The summed E-state index contributed by atoms with van der Waals surface area (Å²) in [6.45, 7) is 3.61. The molecule has 0 saturated heterocycles. The van der Waals surface area contributed by atoms with Gasteiger partial charge in [0, 0.05) is 11.6 Å². The standard InChI is InChI=1S/C14H16ClNO4/c1-14(2,13(18)19-3)8-16-10-6-9(15)4-5-11(10)20-7-12(16)17/h4-6H,7-8H2,1-3H3. The van der Waals surface area contributed by atoms with Gasteiger partial charge in [0.15, 0.2) is 6.61 Å². The van der Waals surface area contributed by atoms with Gasteiger partial charge in [0.05, 0.1) is 18.2 Å². The molecule has 1 aliphatic rings. The van der Waals surface area contributed by atoms with Crippen molar-refractivity contribution >= 4 is 29.2 Å². The fourth-order valence-electron chi connectivity index (χ4n) is 2.08. The van der Waals surface area contributed by atoms with Gasteiger partial charge in [0.25, 0.3) is 5.91 Å². The lowest BCUT2D eigenvalue weighted by Gasteiger charge is -2.34. The average molecular weight is 298 g/mol. The minimum absolute atomic E-state index is 0.0497. The molecule has 1 amide bonds. The van der Waals surface area contributed by atoms with Crippen LogP contribution in [0.1, 0.15) is 13.8 Å². The number of hydrogen-bond acceptors (Lipinski definition) is 4. The molecule has 6 heteroatoms. The van der Waals surface area contributed by atoms with Crippen LogP contribution < -0.4 is 9.64 Å². The van der Waals surface area contributed by atoms with E-state index in [0.717, 1.165) is 0 Å². The highest BCUT2D eigenvalue weighted by Crippen LogP contribution is 2.36. The van der Waals surface area contributed by atoms with Gasteiger partial charge in [-0.25, -0.2) is 0 Å². The maximum atomic E-state index is 12.1. The topological polar surface area (TPSA) is 55.8 Å². The molecular weight excluding hydrogens is 282 g/mol. The summed E-state index contributed by atoms with van der Waals surface area (Å²) in [5.41, 5.74) is -0.243. The molecule has 0 spiro atoms. The zero-order valence-electron chi connectivity index (χ0n) is 11.6. The summed E-state index contributed by atoms with van der Waals surface area (Å²) in [6.07, 6.45) is 0. The van der Waals surface area contributed by atoms with Crippen LogP contribution in [0.4, 0.5) is 5.69 Å². The Morgan fingerprint density at radius 3 is 2.85 bits per heavy atom. The molecule has 0 aliphatic carbocycles. The maximum absolute atomic E-state index is 12.1. The van der Waals surface area contributed by atoms with Crippen LogP contribution in [0.2, 0.25) is 5.02 Å². The number of nitrogens with zero attached hydrogens (tertiary/aromatic N) is 1. The number of anilines is 1. The van der Waals surface area contributed by atoms with Crippen LogP contribution in [-0.2, 0) is 14.3 Å². The number of ether oxygens (including phenoxy) is 2. The minimum Gasteiger partial charge on any atom is -0.482 e. The molecule has 0 bridgehead atoms. The third kappa shape index (κ3) is 2.72. The number of esters is 1. The van der Waals surface area contributed by atoms with Crippen molar-refractivity contribution in [2.24, 2.45) is 5.41 Å². The predicted octanol–water partition coefficient (Wildman–Crippen LogP) is 2.26. The van der Waals surface area contributed by atoms with Crippen LogP contribution >= 0.6 is 11.6 Å². The lowest BCUT2D eigenvalue weighted by molar-refractivity contribution is -0.150. The fraction of sp³-hybridized carbons (Fsp3) is 0.429. The predicted molar refractivity (Wildman–Crippen MR) is 75.1 cm³/mol. The number of rotatable bonds is 3. The van der Waals surface area contributed by atoms with Crippen LogP contribution in [0.3, 0.4) is 0 Å². The van der Waals surface area contributed by atoms with Gasteiger partial charge in [-0.2, -0.15) is 0 Å². The van der Waals surface area contributed by atoms with Crippen molar-refractivity contribution in [3.8, 4) is 5.75 Å². The SMILES string of the molecule is COC(=O)C(C)(C)CN1C(=O)COc2ccc(Cl)cc21. The maximum Gasteiger partial charge on any atom is 0.313 e. The number of carbonyl (C=O) groups excluding carboxylic acids is 2. The first kappa shape index (κ1) is 14.7. The van der Waals surface area contributed by atoms with Gasteiger partial charge in [-0.05, 0) is 32.0 Å². The summed E-state index contributed by atoms with van der Waals surface area (Å²) in [5.74, 6) is -0.00761. The average Bonchev–Trinajstić information content (AvgIpc) is 2.41. The van der Waals surface area contributed by atoms with Gasteiger partial charge >= 0.3 is 5.97 Å². The normalized spacial score (nSPS) is 14.6. The van der Waals surface area contributed by atoms with E-state index in [9.17, 15) is 9.59 Å². The van der Waals surface area contributed by atoms with Gasteiger partial charge in [-0.3, -0.25) is 9.59 Å². The molecule has 108 valence electrons. The third-order valence-electron chi connectivity index (χ3n) is 3.16. The Hall–Kier alpha value is -1.75. The zero-order valence-corrected chi connectivity index (χ0v) is 12.4. The lowest BCUT2D eigenvalue weighted by Crippen LogP contribution is -2.46. The number of methoxy groups -OCH3 is 1. The molecule has 0 aromatic heterocycles. The Labute approximate surface area is 122 Å². The first-order valence-corrected chi connectivity index (χ1v) is 6.54. The summed E-state index contributed by atoms with van der Waals surface area (Å²) in [4.78, 5) is 25.4. The van der Waals surface area contributed by atoms with Crippen molar-refractivity contribution in [3.63, 3.8) is 0 Å². The molecule has 0 radical (unpaired) electrons. The molecule has 20 heavy (non-hydrogen) atoms. The molecule has 0 unspecified atom stereocenters. The smallest absolute Gasteiger partial charge is 0.313 e. The van der Waals surface area contributed by atoms with Gasteiger partial charge in [-0.1, -0.05) is 11.6 Å². The van der Waals surface area contributed by atoms with E-state index in [1.165, 1.54) is 12.0 Å². The van der Waals surface area contributed by atoms with Crippen LogP contribution in [0.15, 0.2) is 18.2 Å². The van der Waals surface area contributed by atoms with E-state index < -0.39 is 5.41 Å². The summed E-state index contributed by atoms with van der Waals surface area (Å²) < 4.78 is 10.1. The number of halogens is 1. The van der Waals surface area contributed by atoms with Crippen LogP contribution in [0.25, 0.3) is 0 Å². The molecule has 0 atom stereocenters. The van der Waals surface area contributed by atoms with Crippen LogP contribution in [-0.4, -0.2) is 32.1 Å². The molecular formula is C14H16ClNO4. The van der Waals surface area contributed by atoms with E-state index >= 15 is 0 Å². The highest BCUT2D eigenvalue weighted by atomic mass is 35.5. The second-order valence-corrected chi connectivity index (χ2v) is 5.69. The summed E-state index contributed by atoms with van der Waals surface area (Å²) >= 11 is 5.97. The first-order chi connectivity index (χ1) is 9.35. The Morgan fingerprint density at radius 1 is 1.50 bits per heavy atom. The van der Waals surface area contributed by atoms with Crippen LogP contribution in [0, 0.1) is 5.41 Å². The van der Waals surface area contributed by atoms with Gasteiger partial charge in [0.1, 0.15) is 5.75 Å². The highest BCUT2D eigenvalue weighted by Gasteiger charge is 2.36. The van der Waals surface area contributed by atoms with Gasteiger partial charge in [-0.15, -0.1) is 0 Å². The third-order valence-corrected chi connectivity index (χ3v) is 3.39. The van der Waals surface area contributed by atoms with Crippen molar-refractivity contribution in [1.82, 2.24) is 0 Å². The van der Waals surface area contributed by atoms with E-state index in [1.54, 1.807) is 32.0 Å². The summed E-state index contributed by atoms with van der Waals surface area (Å²) in [5, 5.41) is 0.503. The Balaban J connectivity index is 2.35. The Bertz CT molecular complexity index is 556. The number of carbonyl (C=O) groups is 2. The molecule has 1 aliphatic heterocycles. The van der Waals surface area contributed by atoms with E-state index in [2.05, 4.69) is 0 Å². The minimum atomic E-state index is -0.818. The highest BCUT2D eigenvalue weighted by molar-refractivity contribution is 6.31. The molecule has 0 fully saturated rings. The molecule has 1 aromatic carbocycles. The van der Waals surface area contributed by atoms with Crippen molar-refractivity contribution in [1.29, 1.82) is 0 Å². The molecule has 0 saturated carbocycles. The number of benzene rings is 1. The zero-order chi connectivity index (χ0) is 14.9. The molecule has 1 aromatic rings. The quantitative estimate of drug-likeness (QED) is 0.803. The number of hydrogen-bond donors (Lipinski definition) is 0. The summed E-state index contributed by atoms with van der Waals surface area (Å²) in [7, 11) is 1.33. The van der Waals surface area contributed by atoms with Crippen molar-refractivity contribution < 1.29 is 19.1 Å². The second kappa shape index (κ2) is 5.32. The Morgan fingerprint density at radius 2 is 2.20 bits per heavy atom. The summed E-state index contributed by atoms with van der Waals surface area (Å²) in [6, 6.07) is 5.06. The molecule has 0 N–H and O–H groups in total. The number of fused-ring (bicyclic) bond motifs is 1. The van der Waals surface area contributed by atoms with Gasteiger partial charge in [0.2, 0.25) is 0 Å². The van der Waals surface area contributed by atoms with Crippen LogP contribution in [0.5, 0.6) is 5.75 Å². The molecule has 5 nitrogen and oxygen atoms in total. The first-order valence-electron chi connectivity index (χ1n) is 6.16. The van der Waals surface area contributed by atoms with E-state index in [-0.39, 0.29) is 25.0 Å². The Kier molecular flexibility index (Phi) is 3.90. The van der Waals surface area contributed by atoms with E-state index in [0.29, 0.717) is 16.5 Å². The number of amides is 1. The second-order valence-electron chi connectivity index (χ2n) is 5.26. The molecule has 2 rings (SSSR count). The van der Waals surface area contributed by atoms with E-state index in [4.69, 9.17) is 21.1 Å². The largest absolute Gasteiger partial charge is 0.482 e.